The van der Waals surface area contributed by atoms with Crippen molar-refractivity contribution in [2.45, 2.75) is 130 Å². The van der Waals surface area contributed by atoms with Crippen molar-refractivity contribution in [1.29, 1.82) is 0 Å². The number of Topliss-reactive ketones (excluding diaryl/α,β-unsaturated/α-hetero) is 1. The highest BCUT2D eigenvalue weighted by molar-refractivity contribution is 8.17. The van der Waals surface area contributed by atoms with Gasteiger partial charge in [-0.05, 0) is 127 Å². The molecule has 1 heterocycles. The standard InChI is InChI=1S/C34H54O2S2/c1-21(2)28-23(35)19-34(20-27-37-17-8-18-38-27)16-15-32(6)22(29(28)34)9-10-25-31(5)13-12-26(36)30(3,4)24(31)11-14-33(25,32)7/h21-22,24-27,36H,8-20H2,1-7H3/t22-,24+,25-,26+,31+,32-,33-,34+/m1/s1. The van der Waals surface area contributed by atoms with Crippen LogP contribution in [0, 0.1) is 50.7 Å². The van der Waals surface area contributed by atoms with Crippen LogP contribution in [-0.2, 0) is 4.79 Å². The van der Waals surface area contributed by atoms with E-state index >= 15 is 0 Å². The van der Waals surface area contributed by atoms with Gasteiger partial charge >= 0.3 is 0 Å². The van der Waals surface area contributed by atoms with Gasteiger partial charge in [-0.3, -0.25) is 4.79 Å². The lowest BCUT2D eigenvalue weighted by Crippen LogP contribution is -2.65. The molecule has 1 saturated heterocycles. The monoisotopic (exact) mass is 558 g/mol. The second-order valence-electron chi connectivity index (χ2n) is 16.1. The van der Waals surface area contributed by atoms with E-state index in [1.807, 2.05) is 0 Å². The van der Waals surface area contributed by atoms with Crippen molar-refractivity contribution in [3.8, 4) is 0 Å². The van der Waals surface area contributed by atoms with Crippen molar-refractivity contribution < 1.29 is 9.90 Å². The lowest BCUT2D eigenvalue weighted by Gasteiger charge is -2.72. The van der Waals surface area contributed by atoms with E-state index in [0.29, 0.717) is 38.9 Å². The van der Waals surface area contributed by atoms with Crippen LogP contribution in [0.15, 0.2) is 11.1 Å². The van der Waals surface area contributed by atoms with Crippen LogP contribution in [0.2, 0.25) is 0 Å². The molecule has 6 aliphatic rings. The number of aliphatic hydroxyl groups excluding tert-OH is 1. The Morgan fingerprint density at radius 2 is 1.58 bits per heavy atom. The van der Waals surface area contributed by atoms with Gasteiger partial charge in [0.2, 0.25) is 0 Å². The molecule has 0 radical (unpaired) electrons. The molecule has 4 heteroatoms. The fourth-order valence-corrected chi connectivity index (χ4v) is 15.1. The Kier molecular flexibility index (Phi) is 6.89. The summed E-state index contributed by atoms with van der Waals surface area (Å²) in [5.41, 5.74) is 3.95. The van der Waals surface area contributed by atoms with E-state index in [1.54, 1.807) is 5.57 Å². The number of aliphatic hydroxyl groups is 1. The molecule has 8 atom stereocenters. The van der Waals surface area contributed by atoms with Gasteiger partial charge in [0.1, 0.15) is 0 Å². The summed E-state index contributed by atoms with van der Waals surface area (Å²) in [7, 11) is 0. The summed E-state index contributed by atoms with van der Waals surface area (Å²) in [5, 5.41) is 11.0. The average molecular weight is 559 g/mol. The molecule has 4 saturated carbocycles. The van der Waals surface area contributed by atoms with Crippen molar-refractivity contribution in [2.24, 2.45) is 50.7 Å². The summed E-state index contributed by atoms with van der Waals surface area (Å²) in [4.78, 5) is 13.8. The first kappa shape index (κ1) is 28.2. The minimum atomic E-state index is -0.161. The number of rotatable bonds is 3. The van der Waals surface area contributed by atoms with E-state index in [2.05, 4.69) is 72.0 Å². The Bertz CT molecular complexity index is 1010. The Hall–Kier alpha value is 0.0700. The molecular formula is C34H54O2S2. The lowest BCUT2D eigenvalue weighted by atomic mass is 9.33. The van der Waals surface area contributed by atoms with Crippen LogP contribution in [0.5, 0.6) is 0 Å². The fraction of sp³-hybridized carbons (Fsp3) is 0.912. The number of hydrogen-bond acceptors (Lipinski definition) is 4. The highest BCUT2D eigenvalue weighted by Gasteiger charge is 2.69. The van der Waals surface area contributed by atoms with Gasteiger partial charge in [-0.2, -0.15) is 0 Å². The van der Waals surface area contributed by atoms with Crippen molar-refractivity contribution in [1.82, 2.24) is 0 Å². The molecule has 38 heavy (non-hydrogen) atoms. The van der Waals surface area contributed by atoms with Crippen LogP contribution in [-0.4, -0.2) is 33.1 Å². The van der Waals surface area contributed by atoms with Gasteiger partial charge in [0.25, 0.3) is 0 Å². The molecule has 0 spiro atoms. The van der Waals surface area contributed by atoms with Gasteiger partial charge in [0.15, 0.2) is 5.78 Å². The topological polar surface area (TPSA) is 37.3 Å². The molecule has 1 aliphatic heterocycles. The number of fused-ring (bicyclic) bond motifs is 7. The quantitative estimate of drug-likeness (QED) is 0.375. The molecule has 5 fully saturated rings. The zero-order chi connectivity index (χ0) is 27.3. The zero-order valence-corrected chi connectivity index (χ0v) is 27.0. The normalized spacial score (nSPS) is 48.9. The maximum atomic E-state index is 13.8. The highest BCUT2D eigenvalue weighted by atomic mass is 32.2. The number of thioether (sulfide) groups is 2. The van der Waals surface area contributed by atoms with Crippen LogP contribution in [0.25, 0.3) is 0 Å². The first-order valence-electron chi connectivity index (χ1n) is 16.0. The number of hydrogen-bond donors (Lipinski definition) is 1. The molecular weight excluding hydrogens is 505 g/mol. The van der Waals surface area contributed by atoms with E-state index in [0.717, 1.165) is 18.8 Å². The summed E-state index contributed by atoms with van der Waals surface area (Å²) >= 11 is 4.36. The second kappa shape index (κ2) is 9.29. The minimum Gasteiger partial charge on any atom is -0.393 e. The van der Waals surface area contributed by atoms with E-state index in [1.165, 1.54) is 74.9 Å². The van der Waals surface area contributed by atoms with Crippen LogP contribution in [0.3, 0.4) is 0 Å². The average Bonchev–Trinajstić information content (AvgIpc) is 3.15. The molecule has 0 aromatic heterocycles. The molecule has 0 amide bonds. The number of allylic oxidation sites excluding steroid dienone is 2. The SMILES string of the molecule is CC(C)C1=C2[C@H]3CC[C@@H]4[C@@]5(C)CC[C@H](O)C(C)(C)[C@@H]5CC[C@@]4(C)[C@]3(C)CC[C@@]2(CC2SCCCS2)CC1=O. The first-order valence-corrected chi connectivity index (χ1v) is 18.1. The minimum absolute atomic E-state index is 0.00828. The Labute approximate surface area is 241 Å². The molecule has 2 nitrogen and oxygen atoms in total. The van der Waals surface area contributed by atoms with Crippen LogP contribution in [0.4, 0.5) is 0 Å². The van der Waals surface area contributed by atoms with E-state index in [-0.39, 0.29) is 22.3 Å². The number of carbonyl (C=O) groups excluding carboxylic acids is 1. The Balaban J connectivity index is 1.40. The molecule has 5 aliphatic carbocycles. The largest absolute Gasteiger partial charge is 0.393 e. The summed E-state index contributed by atoms with van der Waals surface area (Å²) in [6.07, 6.45) is 13.0. The molecule has 0 aromatic carbocycles. The fourth-order valence-electron chi connectivity index (χ4n) is 11.9. The molecule has 1 N–H and O–H groups in total. The van der Waals surface area contributed by atoms with Gasteiger partial charge in [-0.1, -0.05) is 54.0 Å². The first-order chi connectivity index (χ1) is 17.8. The third-order valence-corrected chi connectivity index (χ3v) is 17.0. The molecule has 0 aromatic rings. The van der Waals surface area contributed by atoms with Gasteiger partial charge in [-0.25, -0.2) is 0 Å². The molecule has 6 rings (SSSR count). The maximum Gasteiger partial charge on any atom is 0.159 e. The predicted octanol–water partition coefficient (Wildman–Crippen LogP) is 8.91. The highest BCUT2D eigenvalue weighted by Crippen LogP contribution is 2.77. The summed E-state index contributed by atoms with van der Waals surface area (Å²) in [6, 6.07) is 0. The lowest BCUT2D eigenvalue weighted by molar-refractivity contribution is -0.228. The smallest absolute Gasteiger partial charge is 0.159 e. The van der Waals surface area contributed by atoms with Crippen molar-refractivity contribution in [3.63, 3.8) is 0 Å². The van der Waals surface area contributed by atoms with Crippen LogP contribution < -0.4 is 0 Å². The van der Waals surface area contributed by atoms with Crippen LogP contribution >= 0.6 is 23.5 Å². The van der Waals surface area contributed by atoms with Gasteiger partial charge in [-0.15, -0.1) is 23.5 Å². The zero-order valence-electron chi connectivity index (χ0n) is 25.3. The van der Waals surface area contributed by atoms with Gasteiger partial charge < -0.3 is 5.11 Å². The Morgan fingerprint density at radius 1 is 0.868 bits per heavy atom. The van der Waals surface area contributed by atoms with E-state index in [4.69, 9.17) is 0 Å². The summed E-state index contributed by atoms with van der Waals surface area (Å²) < 4.78 is 0.666. The van der Waals surface area contributed by atoms with Crippen molar-refractivity contribution >= 4 is 29.3 Å². The van der Waals surface area contributed by atoms with Crippen LogP contribution in [0.1, 0.15) is 119 Å². The third-order valence-electron chi connectivity index (χ3n) is 14.0. The second-order valence-corrected chi connectivity index (χ2v) is 19.0. The van der Waals surface area contributed by atoms with Gasteiger partial charge in [0, 0.05) is 11.8 Å². The van der Waals surface area contributed by atoms with E-state index < -0.39 is 0 Å². The molecule has 214 valence electrons. The summed E-state index contributed by atoms with van der Waals surface area (Å²) in [6.45, 7) is 17.3. The number of ketones is 1. The van der Waals surface area contributed by atoms with Crippen molar-refractivity contribution in [2.75, 3.05) is 11.5 Å². The van der Waals surface area contributed by atoms with Crippen molar-refractivity contribution in [3.05, 3.63) is 11.1 Å². The summed E-state index contributed by atoms with van der Waals surface area (Å²) in [5.74, 6) is 5.33. The predicted molar refractivity (Wildman–Crippen MR) is 163 cm³/mol. The number of carbonyl (C=O) groups is 1. The Morgan fingerprint density at radius 3 is 2.26 bits per heavy atom. The molecule has 0 bridgehead atoms. The molecule has 0 unspecified atom stereocenters. The third kappa shape index (κ3) is 3.73. The van der Waals surface area contributed by atoms with E-state index in [9.17, 15) is 9.90 Å². The maximum absolute atomic E-state index is 13.8. The van der Waals surface area contributed by atoms with Gasteiger partial charge in [0.05, 0.1) is 10.7 Å².